The Bertz CT molecular complexity index is 856. The van der Waals surface area contributed by atoms with E-state index >= 15 is 0 Å². The van der Waals surface area contributed by atoms with Crippen molar-refractivity contribution in [3.05, 3.63) is 71.8 Å². The van der Waals surface area contributed by atoms with Crippen LogP contribution in [0.2, 0.25) is 0 Å². The summed E-state index contributed by atoms with van der Waals surface area (Å²) in [6, 6.07) is 18.3. The number of unbranched alkanes of at least 4 members (excludes halogenated alkanes) is 9. The Balaban J connectivity index is 1.91. The van der Waals surface area contributed by atoms with Crippen molar-refractivity contribution in [3.63, 3.8) is 0 Å². The first-order valence-electron chi connectivity index (χ1n) is 14.3. The molecule has 0 heterocycles. The molecule has 1 N–H and O–H groups in total. The van der Waals surface area contributed by atoms with Crippen LogP contribution in [-0.2, 0) is 32.1 Å². The lowest BCUT2D eigenvalue weighted by molar-refractivity contribution is -0.150. The van der Waals surface area contributed by atoms with Crippen molar-refractivity contribution in [1.29, 1.82) is 0 Å². The van der Waals surface area contributed by atoms with Crippen LogP contribution in [0.25, 0.3) is 0 Å². The largest absolute Gasteiger partial charge is 0.465 e. The fourth-order valence-corrected chi connectivity index (χ4v) is 4.48. The van der Waals surface area contributed by atoms with Gasteiger partial charge in [-0.3, -0.25) is 14.9 Å². The van der Waals surface area contributed by atoms with Gasteiger partial charge in [0, 0.05) is 0 Å². The number of rotatable bonds is 20. The lowest BCUT2D eigenvalue weighted by Gasteiger charge is -2.24. The monoisotopic (exact) mass is 509 g/mol. The fourth-order valence-electron chi connectivity index (χ4n) is 4.48. The molecule has 0 radical (unpaired) electrons. The van der Waals surface area contributed by atoms with Crippen molar-refractivity contribution in [2.45, 2.75) is 110 Å². The number of ether oxygens (including phenoxy) is 2. The van der Waals surface area contributed by atoms with Crippen molar-refractivity contribution in [3.8, 4) is 0 Å². The second-order valence-corrected chi connectivity index (χ2v) is 9.78. The van der Waals surface area contributed by atoms with E-state index in [1.165, 1.54) is 51.4 Å². The summed E-state index contributed by atoms with van der Waals surface area (Å²) in [4.78, 5) is 25.9. The second-order valence-electron chi connectivity index (χ2n) is 9.78. The molecule has 0 aliphatic rings. The van der Waals surface area contributed by atoms with E-state index in [-0.39, 0.29) is 18.5 Å². The van der Waals surface area contributed by atoms with Gasteiger partial charge in [0.25, 0.3) is 0 Å². The van der Waals surface area contributed by atoms with Crippen molar-refractivity contribution >= 4 is 11.9 Å². The van der Waals surface area contributed by atoms with Crippen LogP contribution in [-0.4, -0.2) is 30.6 Å². The Hall–Kier alpha value is -2.66. The number of carbonyl (C=O) groups is 2. The van der Waals surface area contributed by atoms with Gasteiger partial charge in [-0.25, -0.2) is 0 Å². The van der Waals surface area contributed by atoms with Gasteiger partial charge < -0.3 is 9.47 Å². The summed E-state index contributed by atoms with van der Waals surface area (Å²) in [5.74, 6) is -0.655. The van der Waals surface area contributed by atoms with E-state index in [1.807, 2.05) is 67.6 Å². The molecule has 2 atom stereocenters. The lowest BCUT2D eigenvalue weighted by atomic mass is 10.0. The zero-order chi connectivity index (χ0) is 26.6. The maximum atomic E-state index is 13.1. The number of benzene rings is 2. The van der Waals surface area contributed by atoms with E-state index in [4.69, 9.17) is 9.47 Å². The molecule has 5 nitrogen and oxygen atoms in total. The van der Waals surface area contributed by atoms with Crippen LogP contribution in [0.1, 0.15) is 95.6 Å². The van der Waals surface area contributed by atoms with Gasteiger partial charge in [0.05, 0.1) is 6.61 Å². The molecular weight excluding hydrogens is 462 g/mol. The maximum absolute atomic E-state index is 13.1. The van der Waals surface area contributed by atoms with Crippen LogP contribution in [0.3, 0.4) is 0 Å². The smallest absolute Gasteiger partial charge is 0.323 e. The second kappa shape index (κ2) is 19.5. The summed E-state index contributed by atoms with van der Waals surface area (Å²) in [5.41, 5.74) is 1.94. The summed E-state index contributed by atoms with van der Waals surface area (Å²) in [6.07, 6.45) is 13.4. The third-order valence-corrected chi connectivity index (χ3v) is 6.61. The highest BCUT2D eigenvalue weighted by atomic mass is 16.5. The Morgan fingerprint density at radius 2 is 1.16 bits per heavy atom. The van der Waals surface area contributed by atoms with Crippen molar-refractivity contribution in [2.24, 2.45) is 0 Å². The van der Waals surface area contributed by atoms with Crippen LogP contribution in [0, 0.1) is 0 Å². The minimum absolute atomic E-state index is 0.204. The van der Waals surface area contributed by atoms with Gasteiger partial charge in [-0.15, -0.1) is 0 Å². The van der Waals surface area contributed by atoms with Crippen molar-refractivity contribution in [2.75, 3.05) is 6.61 Å². The minimum atomic E-state index is -0.636. The molecule has 1 unspecified atom stereocenters. The maximum Gasteiger partial charge on any atom is 0.323 e. The van der Waals surface area contributed by atoms with Crippen LogP contribution in [0.15, 0.2) is 60.7 Å². The Morgan fingerprint density at radius 1 is 0.649 bits per heavy atom. The molecular formula is C32H47NO4. The van der Waals surface area contributed by atoms with Gasteiger partial charge in [-0.1, -0.05) is 132 Å². The predicted octanol–water partition coefficient (Wildman–Crippen LogP) is 7.17. The molecule has 37 heavy (non-hydrogen) atoms. The van der Waals surface area contributed by atoms with Gasteiger partial charge in [0.15, 0.2) is 0 Å². The summed E-state index contributed by atoms with van der Waals surface area (Å²) in [6.45, 7) is 4.58. The molecule has 0 fully saturated rings. The van der Waals surface area contributed by atoms with E-state index in [1.54, 1.807) is 0 Å². The molecule has 2 aromatic carbocycles. The first-order valence-corrected chi connectivity index (χ1v) is 14.3. The summed E-state index contributed by atoms with van der Waals surface area (Å²) >= 11 is 0. The molecule has 0 saturated heterocycles. The predicted molar refractivity (Wildman–Crippen MR) is 150 cm³/mol. The molecule has 0 aromatic heterocycles. The van der Waals surface area contributed by atoms with Crippen molar-refractivity contribution < 1.29 is 19.1 Å². The third kappa shape index (κ3) is 13.5. The highest BCUT2D eigenvalue weighted by molar-refractivity contribution is 5.80. The van der Waals surface area contributed by atoms with Gasteiger partial charge in [0.1, 0.15) is 18.7 Å². The zero-order valence-corrected chi connectivity index (χ0v) is 23.0. The molecule has 0 spiro atoms. The normalized spacial score (nSPS) is 12.6. The van der Waals surface area contributed by atoms with Crippen LogP contribution >= 0.6 is 0 Å². The van der Waals surface area contributed by atoms with E-state index in [9.17, 15) is 9.59 Å². The van der Waals surface area contributed by atoms with Crippen LogP contribution < -0.4 is 5.32 Å². The lowest BCUT2D eigenvalue weighted by Crippen LogP contribution is -2.49. The standard InChI is InChI=1S/C32H47NO4/c1-3-5-6-7-8-9-10-11-12-19-24-29(31(34)36-4-2)33-30(25-27-20-15-13-16-21-27)32(35)37-26-28-22-17-14-18-23-28/h13-18,20-23,29-30,33H,3-12,19,24-26H2,1-2H3/t29?,30-/m0/s1. The molecule has 2 aromatic rings. The molecule has 2 rings (SSSR count). The van der Waals surface area contributed by atoms with Gasteiger partial charge in [0.2, 0.25) is 0 Å². The van der Waals surface area contributed by atoms with E-state index < -0.39 is 12.1 Å². The molecule has 0 bridgehead atoms. The first-order chi connectivity index (χ1) is 18.1. The zero-order valence-electron chi connectivity index (χ0n) is 23.0. The Morgan fingerprint density at radius 3 is 1.73 bits per heavy atom. The van der Waals surface area contributed by atoms with Crippen molar-refractivity contribution in [1.82, 2.24) is 5.32 Å². The van der Waals surface area contributed by atoms with E-state index in [0.29, 0.717) is 19.4 Å². The topological polar surface area (TPSA) is 64.6 Å². The molecule has 0 aliphatic carbocycles. The quantitative estimate of drug-likeness (QED) is 0.151. The van der Waals surface area contributed by atoms with E-state index in [2.05, 4.69) is 12.2 Å². The van der Waals surface area contributed by atoms with Gasteiger partial charge in [-0.2, -0.15) is 0 Å². The summed E-state index contributed by atoms with van der Waals surface area (Å²) in [5, 5.41) is 3.30. The highest BCUT2D eigenvalue weighted by Gasteiger charge is 2.28. The fraction of sp³-hybridized carbons (Fsp3) is 0.562. The molecule has 0 aliphatic heterocycles. The third-order valence-electron chi connectivity index (χ3n) is 6.61. The average Bonchev–Trinajstić information content (AvgIpc) is 2.92. The highest BCUT2D eigenvalue weighted by Crippen LogP contribution is 2.14. The average molecular weight is 510 g/mol. The van der Waals surface area contributed by atoms with Gasteiger partial charge in [-0.05, 0) is 30.9 Å². The Kier molecular flexibility index (Phi) is 16.1. The van der Waals surface area contributed by atoms with E-state index in [0.717, 1.165) is 24.0 Å². The van der Waals surface area contributed by atoms with Gasteiger partial charge >= 0.3 is 11.9 Å². The molecule has 0 amide bonds. The van der Waals surface area contributed by atoms with Crippen LogP contribution in [0.4, 0.5) is 0 Å². The number of hydrogen-bond acceptors (Lipinski definition) is 5. The SMILES string of the molecule is CCCCCCCCCCCCC(N[C@@H](Cc1ccccc1)C(=O)OCc1ccccc1)C(=O)OCC. The number of carbonyl (C=O) groups excluding carboxylic acids is 2. The molecule has 204 valence electrons. The molecule has 5 heteroatoms. The summed E-state index contributed by atoms with van der Waals surface area (Å²) < 4.78 is 11.0. The Labute approximate surface area is 224 Å². The van der Waals surface area contributed by atoms with Crippen LogP contribution in [0.5, 0.6) is 0 Å². The number of esters is 2. The number of nitrogens with one attached hydrogen (secondary N) is 1. The summed E-state index contributed by atoms with van der Waals surface area (Å²) in [7, 11) is 0. The molecule has 0 saturated carbocycles. The number of hydrogen-bond donors (Lipinski definition) is 1. The first kappa shape index (κ1) is 30.6. The minimum Gasteiger partial charge on any atom is -0.465 e.